The van der Waals surface area contributed by atoms with Crippen molar-refractivity contribution in [3.05, 3.63) is 30.6 Å². The molecule has 0 aliphatic carbocycles. The van der Waals surface area contributed by atoms with E-state index in [1.807, 2.05) is 28.8 Å². The number of aromatic nitrogens is 2. The molecule has 4 nitrogen and oxygen atoms in total. The number of rotatable bonds is 6. The number of carbonyl (C=O) groups excluding carboxylic acids is 1. The molecular formula is C15H21N3O. The Morgan fingerprint density at radius 1 is 1.32 bits per heavy atom. The molecule has 0 saturated heterocycles. The summed E-state index contributed by atoms with van der Waals surface area (Å²) in [7, 11) is 0. The van der Waals surface area contributed by atoms with Crippen LogP contribution in [-0.2, 0) is 11.3 Å². The summed E-state index contributed by atoms with van der Waals surface area (Å²) in [5.41, 5.74) is 1.93. The van der Waals surface area contributed by atoms with Crippen molar-refractivity contribution >= 4 is 16.9 Å². The van der Waals surface area contributed by atoms with E-state index in [0.717, 1.165) is 30.4 Å². The number of carbonyl (C=O) groups is 1. The van der Waals surface area contributed by atoms with Gasteiger partial charge in [0.05, 0.1) is 17.4 Å². The molecule has 0 fully saturated rings. The lowest BCUT2D eigenvalue weighted by Crippen LogP contribution is -2.31. The number of nitrogens with one attached hydrogen (secondary N) is 1. The van der Waals surface area contributed by atoms with Gasteiger partial charge in [-0.25, -0.2) is 4.98 Å². The number of hydrogen-bond acceptors (Lipinski definition) is 2. The largest absolute Gasteiger partial charge is 0.354 e. The molecule has 102 valence electrons. The van der Waals surface area contributed by atoms with Gasteiger partial charge in [0.1, 0.15) is 6.54 Å². The lowest BCUT2D eigenvalue weighted by atomic mass is 10.0. The molecule has 0 saturated carbocycles. The molecule has 1 amide bonds. The molecule has 0 aliphatic rings. The van der Waals surface area contributed by atoms with E-state index in [2.05, 4.69) is 24.1 Å². The Labute approximate surface area is 113 Å². The highest BCUT2D eigenvalue weighted by Gasteiger charge is 2.09. The lowest BCUT2D eigenvalue weighted by Gasteiger charge is -2.13. The zero-order chi connectivity index (χ0) is 13.7. The normalized spacial score (nSPS) is 11.1. The first-order valence-electron chi connectivity index (χ1n) is 6.91. The van der Waals surface area contributed by atoms with Gasteiger partial charge in [-0.15, -0.1) is 0 Å². The third-order valence-corrected chi connectivity index (χ3v) is 3.58. The number of fused-ring (bicyclic) bond motifs is 1. The first-order chi connectivity index (χ1) is 9.24. The van der Waals surface area contributed by atoms with Crippen molar-refractivity contribution in [1.82, 2.24) is 14.9 Å². The molecule has 0 bridgehead atoms. The first kappa shape index (κ1) is 13.6. The van der Waals surface area contributed by atoms with Gasteiger partial charge in [-0.2, -0.15) is 0 Å². The molecule has 0 atom stereocenters. The van der Waals surface area contributed by atoms with Crippen molar-refractivity contribution < 1.29 is 4.79 Å². The lowest BCUT2D eigenvalue weighted by molar-refractivity contribution is -0.121. The third kappa shape index (κ3) is 3.34. The fraction of sp³-hybridized carbons (Fsp3) is 0.467. The van der Waals surface area contributed by atoms with Crippen LogP contribution in [0.2, 0.25) is 0 Å². The van der Waals surface area contributed by atoms with Gasteiger partial charge in [-0.1, -0.05) is 38.8 Å². The second kappa shape index (κ2) is 6.36. The average molecular weight is 259 g/mol. The monoisotopic (exact) mass is 259 g/mol. The van der Waals surface area contributed by atoms with Gasteiger partial charge >= 0.3 is 0 Å². The van der Waals surface area contributed by atoms with Crippen LogP contribution in [0.25, 0.3) is 11.0 Å². The fourth-order valence-corrected chi connectivity index (χ4v) is 2.18. The highest BCUT2D eigenvalue weighted by molar-refractivity contribution is 5.80. The summed E-state index contributed by atoms with van der Waals surface area (Å²) in [5, 5.41) is 3.00. The highest BCUT2D eigenvalue weighted by atomic mass is 16.1. The second-order valence-corrected chi connectivity index (χ2v) is 4.85. The van der Waals surface area contributed by atoms with Crippen molar-refractivity contribution in [1.29, 1.82) is 0 Å². The summed E-state index contributed by atoms with van der Waals surface area (Å²) >= 11 is 0. The molecule has 2 aromatic rings. The van der Waals surface area contributed by atoms with Gasteiger partial charge in [0.2, 0.25) is 5.91 Å². The van der Waals surface area contributed by atoms with Crippen LogP contribution in [0.3, 0.4) is 0 Å². The minimum Gasteiger partial charge on any atom is -0.354 e. The molecule has 19 heavy (non-hydrogen) atoms. The van der Waals surface area contributed by atoms with E-state index in [4.69, 9.17) is 0 Å². The molecule has 0 unspecified atom stereocenters. The topological polar surface area (TPSA) is 46.9 Å². The van der Waals surface area contributed by atoms with Gasteiger partial charge in [0.15, 0.2) is 0 Å². The van der Waals surface area contributed by atoms with E-state index in [0.29, 0.717) is 12.5 Å². The SMILES string of the molecule is CCC(CC)CNC(=O)Cn1cnc2ccccc21. The Hall–Kier alpha value is -1.84. The summed E-state index contributed by atoms with van der Waals surface area (Å²) < 4.78 is 1.89. The molecular weight excluding hydrogens is 238 g/mol. The van der Waals surface area contributed by atoms with Crippen molar-refractivity contribution in [3.8, 4) is 0 Å². The van der Waals surface area contributed by atoms with E-state index in [1.54, 1.807) is 6.33 Å². The van der Waals surface area contributed by atoms with E-state index in [9.17, 15) is 4.79 Å². The predicted octanol–water partition coefficient (Wildman–Crippen LogP) is 2.59. The van der Waals surface area contributed by atoms with Crippen LogP contribution >= 0.6 is 0 Å². The van der Waals surface area contributed by atoms with Crippen LogP contribution in [-0.4, -0.2) is 22.0 Å². The quantitative estimate of drug-likeness (QED) is 0.866. The van der Waals surface area contributed by atoms with E-state index >= 15 is 0 Å². The van der Waals surface area contributed by atoms with Gasteiger partial charge in [0, 0.05) is 6.54 Å². The third-order valence-electron chi connectivity index (χ3n) is 3.58. The zero-order valence-electron chi connectivity index (χ0n) is 11.6. The zero-order valence-corrected chi connectivity index (χ0v) is 11.6. The smallest absolute Gasteiger partial charge is 0.240 e. The number of nitrogens with zero attached hydrogens (tertiary/aromatic N) is 2. The minimum atomic E-state index is 0.0510. The molecule has 0 radical (unpaired) electrons. The van der Waals surface area contributed by atoms with Crippen molar-refractivity contribution in [2.75, 3.05) is 6.54 Å². The van der Waals surface area contributed by atoms with Crippen LogP contribution in [0.15, 0.2) is 30.6 Å². The fourth-order valence-electron chi connectivity index (χ4n) is 2.18. The van der Waals surface area contributed by atoms with Crippen molar-refractivity contribution in [3.63, 3.8) is 0 Å². The Balaban J connectivity index is 1.95. The van der Waals surface area contributed by atoms with Gasteiger partial charge in [0.25, 0.3) is 0 Å². The van der Waals surface area contributed by atoms with Crippen LogP contribution in [0, 0.1) is 5.92 Å². The summed E-state index contributed by atoms with van der Waals surface area (Å²) in [6.07, 6.45) is 3.93. The molecule has 0 spiro atoms. The first-order valence-corrected chi connectivity index (χ1v) is 6.91. The van der Waals surface area contributed by atoms with Crippen molar-refractivity contribution in [2.45, 2.75) is 33.2 Å². The number of amides is 1. The van der Waals surface area contributed by atoms with E-state index in [1.165, 1.54) is 0 Å². The van der Waals surface area contributed by atoms with E-state index < -0.39 is 0 Å². The maximum atomic E-state index is 11.9. The Morgan fingerprint density at radius 3 is 2.79 bits per heavy atom. The second-order valence-electron chi connectivity index (χ2n) is 4.85. The standard InChI is InChI=1S/C15H21N3O/c1-3-12(4-2)9-16-15(19)10-18-11-17-13-7-5-6-8-14(13)18/h5-8,11-12H,3-4,9-10H2,1-2H3,(H,16,19). The maximum absolute atomic E-state index is 11.9. The van der Waals surface area contributed by atoms with Gasteiger partial charge in [-0.05, 0) is 18.1 Å². The average Bonchev–Trinajstić information content (AvgIpc) is 2.83. The summed E-state index contributed by atoms with van der Waals surface area (Å²) in [6.45, 7) is 5.41. The van der Waals surface area contributed by atoms with Crippen LogP contribution in [0.4, 0.5) is 0 Å². The number of para-hydroxylation sites is 2. The van der Waals surface area contributed by atoms with Gasteiger partial charge < -0.3 is 9.88 Å². The molecule has 4 heteroatoms. The number of benzene rings is 1. The Kier molecular flexibility index (Phi) is 4.55. The molecule has 1 N–H and O–H groups in total. The van der Waals surface area contributed by atoms with Crippen LogP contribution in [0.1, 0.15) is 26.7 Å². The summed E-state index contributed by atoms with van der Waals surface area (Å²) in [4.78, 5) is 16.2. The molecule has 2 rings (SSSR count). The Morgan fingerprint density at radius 2 is 2.05 bits per heavy atom. The number of hydrogen-bond donors (Lipinski definition) is 1. The highest BCUT2D eigenvalue weighted by Crippen LogP contribution is 2.11. The van der Waals surface area contributed by atoms with Crippen LogP contribution in [0.5, 0.6) is 0 Å². The summed E-state index contributed by atoms with van der Waals surface area (Å²) in [5.74, 6) is 0.624. The molecule has 1 aromatic heterocycles. The van der Waals surface area contributed by atoms with Gasteiger partial charge in [-0.3, -0.25) is 4.79 Å². The number of imidazole rings is 1. The Bertz CT molecular complexity index is 543. The maximum Gasteiger partial charge on any atom is 0.240 e. The predicted molar refractivity (Wildman–Crippen MR) is 76.8 cm³/mol. The van der Waals surface area contributed by atoms with E-state index in [-0.39, 0.29) is 5.91 Å². The minimum absolute atomic E-state index is 0.0510. The van der Waals surface area contributed by atoms with Crippen molar-refractivity contribution in [2.24, 2.45) is 5.92 Å². The molecule has 1 aromatic carbocycles. The molecule has 0 aliphatic heterocycles. The molecule has 1 heterocycles. The summed E-state index contributed by atoms with van der Waals surface area (Å²) in [6, 6.07) is 7.85. The van der Waals surface area contributed by atoms with Crippen LogP contribution < -0.4 is 5.32 Å².